The third-order valence-corrected chi connectivity index (χ3v) is 7.18. The van der Waals surface area contributed by atoms with Crippen molar-refractivity contribution in [2.75, 3.05) is 26.7 Å². The molecule has 5 heteroatoms. The number of rotatable bonds is 4. The van der Waals surface area contributed by atoms with Crippen molar-refractivity contribution in [3.05, 3.63) is 58.7 Å². The van der Waals surface area contributed by atoms with E-state index in [1.54, 1.807) is 7.11 Å². The number of nitrogens with zero attached hydrogens (tertiary/aromatic N) is 1. The van der Waals surface area contributed by atoms with E-state index in [9.17, 15) is 10.2 Å². The van der Waals surface area contributed by atoms with Gasteiger partial charge in [0.05, 0.1) is 19.3 Å². The quantitative estimate of drug-likeness (QED) is 0.808. The van der Waals surface area contributed by atoms with E-state index in [1.807, 2.05) is 18.2 Å². The van der Waals surface area contributed by atoms with Crippen molar-refractivity contribution in [1.82, 2.24) is 4.90 Å². The summed E-state index contributed by atoms with van der Waals surface area (Å²) in [5.74, 6) is 1.48. The van der Waals surface area contributed by atoms with Crippen LogP contribution in [0.4, 0.5) is 0 Å². The molecule has 160 valence electrons. The lowest BCUT2D eigenvalue weighted by Crippen LogP contribution is -2.51. The van der Waals surface area contributed by atoms with Gasteiger partial charge >= 0.3 is 0 Å². The first-order chi connectivity index (χ1) is 14.5. The summed E-state index contributed by atoms with van der Waals surface area (Å²) in [6.07, 6.45) is 4.86. The van der Waals surface area contributed by atoms with Crippen molar-refractivity contribution in [1.29, 1.82) is 0 Å². The molecule has 30 heavy (non-hydrogen) atoms. The van der Waals surface area contributed by atoms with Gasteiger partial charge in [-0.25, -0.2) is 0 Å². The first kappa shape index (κ1) is 19.9. The molecule has 5 rings (SSSR count). The van der Waals surface area contributed by atoms with Crippen molar-refractivity contribution < 1.29 is 19.7 Å². The molecule has 0 aromatic heterocycles. The number of aryl methyl sites for hydroxylation is 2. The van der Waals surface area contributed by atoms with Gasteiger partial charge in [-0.1, -0.05) is 18.2 Å². The fourth-order valence-electron chi connectivity index (χ4n) is 5.34. The van der Waals surface area contributed by atoms with Crippen LogP contribution in [0.2, 0.25) is 0 Å². The van der Waals surface area contributed by atoms with Gasteiger partial charge in [0, 0.05) is 37.7 Å². The van der Waals surface area contributed by atoms with Crippen LogP contribution in [0.25, 0.3) is 0 Å². The molecule has 2 heterocycles. The molecule has 0 amide bonds. The highest BCUT2D eigenvalue weighted by Gasteiger charge is 2.43. The number of likely N-dealkylation sites (tertiary alicyclic amines) is 1. The molecule has 1 aliphatic carbocycles. The molecule has 1 saturated heterocycles. The van der Waals surface area contributed by atoms with Crippen LogP contribution in [0.3, 0.4) is 0 Å². The molecule has 0 saturated carbocycles. The Hall–Kier alpha value is -2.08. The summed E-state index contributed by atoms with van der Waals surface area (Å²) in [5, 5.41) is 21.5. The van der Waals surface area contributed by atoms with Gasteiger partial charge in [-0.15, -0.1) is 0 Å². The third-order valence-electron chi connectivity index (χ3n) is 7.18. The average Bonchev–Trinajstić information content (AvgIpc) is 3.23. The van der Waals surface area contributed by atoms with Gasteiger partial charge in [0.25, 0.3) is 0 Å². The summed E-state index contributed by atoms with van der Waals surface area (Å²) < 4.78 is 11.8. The molecule has 2 N–H and O–H groups in total. The SMILES string of the molecule is COc1ccc2c(c1)OC1(CCN(C[C@@H](O)c3ccc4c(c3)CCC4)CC1)C[C@@H]2O. The Balaban J connectivity index is 1.23. The smallest absolute Gasteiger partial charge is 0.129 e. The fraction of sp³-hybridized carbons (Fsp3) is 0.520. The molecule has 3 aliphatic rings. The molecule has 2 aromatic rings. The van der Waals surface area contributed by atoms with Crippen molar-refractivity contribution in [2.24, 2.45) is 0 Å². The minimum atomic E-state index is -0.511. The average molecular weight is 410 g/mol. The van der Waals surface area contributed by atoms with Gasteiger partial charge < -0.3 is 24.6 Å². The molecular formula is C25H31NO4. The normalized spacial score (nSPS) is 23.5. The van der Waals surface area contributed by atoms with Crippen molar-refractivity contribution in [3.8, 4) is 11.5 Å². The van der Waals surface area contributed by atoms with Gasteiger partial charge in [0.15, 0.2) is 0 Å². The Morgan fingerprint density at radius 2 is 1.93 bits per heavy atom. The van der Waals surface area contributed by atoms with Crippen LogP contribution in [-0.2, 0) is 12.8 Å². The van der Waals surface area contributed by atoms with Gasteiger partial charge in [-0.05, 0) is 60.9 Å². The first-order valence-electron chi connectivity index (χ1n) is 11.1. The lowest BCUT2D eigenvalue weighted by atomic mass is 9.81. The van der Waals surface area contributed by atoms with Gasteiger partial charge in [-0.3, -0.25) is 0 Å². The zero-order chi connectivity index (χ0) is 20.7. The zero-order valence-electron chi connectivity index (χ0n) is 17.6. The van der Waals surface area contributed by atoms with Crippen LogP contribution in [0.5, 0.6) is 11.5 Å². The maximum absolute atomic E-state index is 10.8. The summed E-state index contributed by atoms with van der Waals surface area (Å²) in [4.78, 5) is 2.32. The predicted molar refractivity (Wildman–Crippen MR) is 115 cm³/mol. The number of β-amino-alcohol motifs (C(OH)–C–C–N with tert-alkyl or cyclic N) is 1. The summed E-state index contributed by atoms with van der Waals surface area (Å²) in [6, 6.07) is 12.1. The van der Waals surface area contributed by atoms with E-state index in [-0.39, 0.29) is 5.60 Å². The number of aliphatic hydroxyl groups is 2. The second-order valence-corrected chi connectivity index (χ2v) is 9.11. The maximum atomic E-state index is 10.8. The Kier molecular flexibility index (Phi) is 5.21. The van der Waals surface area contributed by atoms with Gasteiger partial charge in [-0.2, -0.15) is 0 Å². The van der Waals surface area contributed by atoms with Crippen LogP contribution >= 0.6 is 0 Å². The number of piperidine rings is 1. The van der Waals surface area contributed by atoms with Crippen molar-refractivity contribution in [2.45, 2.75) is 56.3 Å². The monoisotopic (exact) mass is 409 g/mol. The predicted octanol–water partition coefficient (Wildman–Crippen LogP) is 3.57. The van der Waals surface area contributed by atoms with Crippen LogP contribution in [0, 0.1) is 0 Å². The molecule has 0 unspecified atom stereocenters. The molecular weight excluding hydrogens is 378 g/mol. The second-order valence-electron chi connectivity index (χ2n) is 9.11. The number of hydrogen-bond acceptors (Lipinski definition) is 5. The highest BCUT2D eigenvalue weighted by Crippen LogP contribution is 2.45. The Morgan fingerprint density at radius 1 is 1.13 bits per heavy atom. The molecule has 2 atom stereocenters. The Labute approximate surface area is 178 Å². The Morgan fingerprint density at radius 3 is 2.73 bits per heavy atom. The fourth-order valence-corrected chi connectivity index (χ4v) is 5.34. The Bertz CT molecular complexity index is 919. The zero-order valence-corrected chi connectivity index (χ0v) is 17.6. The molecule has 1 fully saturated rings. The third kappa shape index (κ3) is 3.70. The van der Waals surface area contributed by atoms with Crippen molar-refractivity contribution >= 4 is 0 Å². The molecule has 5 nitrogen and oxygen atoms in total. The standard InChI is InChI=1S/C25H31NO4/c1-29-20-7-8-21-22(27)15-25(30-24(21)14-20)9-11-26(12-10-25)16-23(28)19-6-5-17-3-2-4-18(17)13-19/h5-8,13-14,22-23,27-28H,2-4,9-12,15-16H2,1H3/t22-,23+/m0/s1. The topological polar surface area (TPSA) is 62.2 Å². The molecule has 1 spiro atoms. The number of aliphatic hydroxyl groups excluding tert-OH is 2. The molecule has 0 bridgehead atoms. The molecule has 2 aliphatic heterocycles. The minimum absolute atomic E-state index is 0.339. The van der Waals surface area contributed by atoms with Crippen LogP contribution < -0.4 is 9.47 Å². The number of methoxy groups -OCH3 is 1. The second kappa shape index (κ2) is 7.88. The summed E-state index contributed by atoms with van der Waals surface area (Å²) in [7, 11) is 1.64. The lowest BCUT2D eigenvalue weighted by Gasteiger charge is -2.46. The first-order valence-corrected chi connectivity index (χ1v) is 11.1. The summed E-state index contributed by atoms with van der Waals surface area (Å²) in [6.45, 7) is 2.35. The number of fused-ring (bicyclic) bond motifs is 2. The van der Waals surface area contributed by atoms with Crippen LogP contribution in [0.15, 0.2) is 36.4 Å². The number of hydrogen-bond donors (Lipinski definition) is 2. The highest BCUT2D eigenvalue weighted by atomic mass is 16.5. The number of benzene rings is 2. The van der Waals surface area contributed by atoms with Crippen LogP contribution in [-0.4, -0.2) is 47.5 Å². The van der Waals surface area contributed by atoms with Crippen molar-refractivity contribution in [3.63, 3.8) is 0 Å². The summed E-state index contributed by atoms with van der Waals surface area (Å²) in [5.41, 5.74) is 4.38. The maximum Gasteiger partial charge on any atom is 0.129 e. The minimum Gasteiger partial charge on any atom is -0.497 e. The largest absolute Gasteiger partial charge is 0.497 e. The van der Waals surface area contributed by atoms with E-state index < -0.39 is 12.2 Å². The molecule has 2 aromatic carbocycles. The molecule has 0 radical (unpaired) electrons. The van der Waals surface area contributed by atoms with Gasteiger partial charge in [0.2, 0.25) is 0 Å². The summed E-state index contributed by atoms with van der Waals surface area (Å²) >= 11 is 0. The van der Waals surface area contributed by atoms with E-state index in [0.717, 1.165) is 55.0 Å². The number of ether oxygens (including phenoxy) is 2. The lowest BCUT2D eigenvalue weighted by molar-refractivity contribution is -0.0588. The van der Waals surface area contributed by atoms with E-state index in [0.29, 0.717) is 13.0 Å². The van der Waals surface area contributed by atoms with E-state index in [2.05, 4.69) is 23.1 Å². The van der Waals surface area contributed by atoms with Crippen LogP contribution in [0.1, 0.15) is 60.1 Å². The van der Waals surface area contributed by atoms with E-state index in [4.69, 9.17) is 9.47 Å². The van der Waals surface area contributed by atoms with E-state index in [1.165, 1.54) is 24.0 Å². The van der Waals surface area contributed by atoms with Gasteiger partial charge in [0.1, 0.15) is 17.1 Å². The van der Waals surface area contributed by atoms with E-state index >= 15 is 0 Å². The highest BCUT2D eigenvalue weighted by molar-refractivity contribution is 5.44.